The first-order valence-corrected chi connectivity index (χ1v) is 9.99. The number of carbonyl (C=O) groups is 1. The molecule has 1 aromatic carbocycles. The predicted octanol–water partition coefficient (Wildman–Crippen LogP) is 4.16. The molecule has 1 aliphatic carbocycles. The topological polar surface area (TPSA) is 70.2 Å². The van der Waals surface area contributed by atoms with E-state index < -0.39 is 23.5 Å². The maximum Gasteiger partial charge on any atom is 0.416 e. The van der Waals surface area contributed by atoms with E-state index >= 15 is 0 Å². The summed E-state index contributed by atoms with van der Waals surface area (Å²) in [6.07, 6.45) is -1.98. The molecule has 2 aromatic rings. The van der Waals surface area contributed by atoms with Crippen LogP contribution in [0.1, 0.15) is 47.3 Å². The Balaban J connectivity index is 1.57. The molecule has 6 nitrogen and oxygen atoms in total. The highest BCUT2D eigenvalue weighted by atomic mass is 19.4. The molecule has 0 saturated heterocycles. The third-order valence-electron chi connectivity index (χ3n) is 5.18. The molecule has 0 unspecified atom stereocenters. The summed E-state index contributed by atoms with van der Waals surface area (Å²) in [5.74, 6) is -0.470. The molecule has 0 spiro atoms. The molecule has 1 aliphatic rings. The second-order valence-electron chi connectivity index (χ2n) is 7.98. The maximum atomic E-state index is 13.6. The molecule has 0 aliphatic heterocycles. The summed E-state index contributed by atoms with van der Waals surface area (Å²) in [4.78, 5) is 23.1. The molecule has 10 heteroatoms. The Morgan fingerprint density at radius 1 is 1.03 bits per heavy atom. The number of amides is 1. The lowest BCUT2D eigenvalue weighted by Gasteiger charge is -2.30. The van der Waals surface area contributed by atoms with Crippen molar-refractivity contribution in [3.63, 3.8) is 0 Å². The number of anilines is 2. The second kappa shape index (κ2) is 9.07. The Morgan fingerprint density at radius 2 is 1.68 bits per heavy atom. The zero-order valence-electron chi connectivity index (χ0n) is 17.6. The predicted molar refractivity (Wildman–Crippen MR) is 110 cm³/mol. The normalized spacial score (nSPS) is 19.1. The van der Waals surface area contributed by atoms with Crippen LogP contribution in [0.3, 0.4) is 0 Å². The van der Waals surface area contributed by atoms with E-state index in [0.29, 0.717) is 30.9 Å². The molecule has 1 fully saturated rings. The van der Waals surface area contributed by atoms with E-state index in [1.807, 2.05) is 32.0 Å². The van der Waals surface area contributed by atoms with Gasteiger partial charge in [-0.15, -0.1) is 0 Å². The average molecular weight is 439 g/mol. The van der Waals surface area contributed by atoms with Crippen LogP contribution in [-0.4, -0.2) is 42.1 Å². The smallest absolute Gasteiger partial charge is 0.363 e. The van der Waals surface area contributed by atoms with Crippen molar-refractivity contribution in [2.24, 2.45) is 0 Å². The Labute approximate surface area is 178 Å². The van der Waals surface area contributed by atoms with Crippen molar-refractivity contribution in [3.05, 3.63) is 46.9 Å². The number of nitrogens with one attached hydrogen (secondary N) is 2. The van der Waals surface area contributed by atoms with Crippen molar-refractivity contribution < 1.29 is 22.4 Å². The molecular weight excluding hydrogens is 414 g/mol. The van der Waals surface area contributed by atoms with Crippen LogP contribution in [0, 0.1) is 12.7 Å². The number of rotatable bonds is 5. The summed E-state index contributed by atoms with van der Waals surface area (Å²) >= 11 is 0. The van der Waals surface area contributed by atoms with Gasteiger partial charge in [-0.1, -0.05) is 0 Å². The van der Waals surface area contributed by atoms with E-state index in [4.69, 9.17) is 0 Å². The van der Waals surface area contributed by atoms with Gasteiger partial charge in [0.15, 0.2) is 0 Å². The van der Waals surface area contributed by atoms with Gasteiger partial charge >= 0.3 is 6.18 Å². The molecule has 1 saturated carbocycles. The van der Waals surface area contributed by atoms with Gasteiger partial charge in [0.25, 0.3) is 5.91 Å². The van der Waals surface area contributed by atoms with Crippen molar-refractivity contribution in [1.29, 1.82) is 0 Å². The summed E-state index contributed by atoms with van der Waals surface area (Å²) in [5.41, 5.74) is -0.673. The Kier molecular flexibility index (Phi) is 6.66. The van der Waals surface area contributed by atoms with Gasteiger partial charge in [-0.05, 0) is 50.8 Å². The monoisotopic (exact) mass is 439 g/mol. The number of hydrogen-bond donors (Lipinski definition) is 2. The molecule has 0 atom stereocenters. The van der Waals surface area contributed by atoms with Gasteiger partial charge in [0.1, 0.15) is 11.6 Å². The number of aryl methyl sites for hydroxylation is 1. The highest BCUT2D eigenvalue weighted by molar-refractivity contribution is 5.94. The lowest BCUT2D eigenvalue weighted by Crippen LogP contribution is -2.40. The molecule has 3 rings (SSSR count). The summed E-state index contributed by atoms with van der Waals surface area (Å²) in [7, 11) is 3.80. The second-order valence-corrected chi connectivity index (χ2v) is 7.98. The van der Waals surface area contributed by atoms with Crippen molar-refractivity contribution in [2.45, 2.75) is 50.9 Å². The number of hydrogen-bond acceptors (Lipinski definition) is 5. The first-order valence-electron chi connectivity index (χ1n) is 9.99. The zero-order valence-corrected chi connectivity index (χ0v) is 17.6. The standard InChI is InChI=1S/C21H25F4N5O/c1-12-8-18(30(2)3)29-20(26-12)28-17-6-4-16(5-7-17)27-19(31)13-9-14(21(23,24)25)11-15(22)10-13/h8-11,16-17H,4-7H2,1-3H3,(H,27,31)(H,26,28,29)/t16-,17+. The summed E-state index contributed by atoms with van der Waals surface area (Å²) in [6.45, 7) is 1.89. The van der Waals surface area contributed by atoms with E-state index in [-0.39, 0.29) is 17.6 Å². The minimum atomic E-state index is -4.72. The zero-order chi connectivity index (χ0) is 22.8. The number of carbonyl (C=O) groups excluding carboxylic acids is 1. The van der Waals surface area contributed by atoms with Gasteiger partial charge in [-0.2, -0.15) is 18.2 Å². The average Bonchev–Trinajstić information content (AvgIpc) is 2.68. The largest absolute Gasteiger partial charge is 0.416 e. The first-order chi connectivity index (χ1) is 14.5. The van der Waals surface area contributed by atoms with Crippen molar-refractivity contribution in [2.75, 3.05) is 24.3 Å². The molecule has 0 radical (unpaired) electrons. The highest BCUT2D eigenvalue weighted by Crippen LogP contribution is 2.30. The van der Waals surface area contributed by atoms with E-state index in [2.05, 4.69) is 20.6 Å². The number of nitrogens with zero attached hydrogens (tertiary/aromatic N) is 3. The SMILES string of the molecule is Cc1cc(N(C)C)nc(N[C@H]2CC[C@@H](NC(=O)c3cc(F)cc(C(F)(F)F)c3)CC2)n1. The van der Waals surface area contributed by atoms with Gasteiger partial charge in [-0.25, -0.2) is 9.37 Å². The van der Waals surface area contributed by atoms with Crippen LogP contribution in [0.4, 0.5) is 29.3 Å². The Bertz CT molecular complexity index is 940. The minimum absolute atomic E-state index is 0.121. The quantitative estimate of drug-likeness (QED) is 0.685. The Hall–Kier alpha value is -2.91. The maximum absolute atomic E-state index is 13.6. The van der Waals surface area contributed by atoms with E-state index in [1.54, 1.807) is 0 Å². The van der Waals surface area contributed by atoms with E-state index in [0.717, 1.165) is 30.4 Å². The van der Waals surface area contributed by atoms with Crippen LogP contribution in [0.5, 0.6) is 0 Å². The minimum Gasteiger partial charge on any atom is -0.363 e. The number of alkyl halides is 3. The van der Waals surface area contributed by atoms with Crippen LogP contribution in [0.2, 0.25) is 0 Å². The highest BCUT2D eigenvalue weighted by Gasteiger charge is 2.32. The van der Waals surface area contributed by atoms with Crippen LogP contribution in [0.25, 0.3) is 0 Å². The van der Waals surface area contributed by atoms with Crippen molar-refractivity contribution in [1.82, 2.24) is 15.3 Å². The Morgan fingerprint density at radius 3 is 2.29 bits per heavy atom. The fourth-order valence-corrected chi connectivity index (χ4v) is 3.56. The van der Waals surface area contributed by atoms with Crippen LogP contribution < -0.4 is 15.5 Å². The summed E-state index contributed by atoms with van der Waals surface area (Å²) in [6, 6.07) is 3.67. The molecule has 2 N–H and O–H groups in total. The molecule has 168 valence electrons. The number of halogens is 4. The third-order valence-corrected chi connectivity index (χ3v) is 5.18. The summed E-state index contributed by atoms with van der Waals surface area (Å²) < 4.78 is 52.2. The summed E-state index contributed by atoms with van der Waals surface area (Å²) in [5, 5.41) is 6.04. The fourth-order valence-electron chi connectivity index (χ4n) is 3.56. The van der Waals surface area contributed by atoms with E-state index in [9.17, 15) is 22.4 Å². The third kappa shape index (κ3) is 6.05. The number of aromatic nitrogens is 2. The molecule has 1 heterocycles. The van der Waals surface area contributed by atoms with Gasteiger partial charge < -0.3 is 15.5 Å². The fraction of sp³-hybridized carbons (Fsp3) is 0.476. The number of benzene rings is 1. The lowest BCUT2D eigenvalue weighted by atomic mass is 9.91. The van der Waals surface area contributed by atoms with Gasteiger partial charge in [0, 0.05) is 43.5 Å². The van der Waals surface area contributed by atoms with Gasteiger partial charge in [0.2, 0.25) is 5.95 Å². The van der Waals surface area contributed by atoms with Crippen molar-refractivity contribution in [3.8, 4) is 0 Å². The molecule has 1 aromatic heterocycles. The van der Waals surface area contributed by atoms with Crippen molar-refractivity contribution >= 4 is 17.7 Å². The van der Waals surface area contributed by atoms with Gasteiger partial charge in [-0.3, -0.25) is 4.79 Å². The van der Waals surface area contributed by atoms with Gasteiger partial charge in [0.05, 0.1) is 5.56 Å². The van der Waals surface area contributed by atoms with Crippen LogP contribution in [0.15, 0.2) is 24.3 Å². The molecular formula is C21H25F4N5O. The lowest BCUT2D eigenvalue weighted by molar-refractivity contribution is -0.137. The van der Waals surface area contributed by atoms with Crippen LogP contribution >= 0.6 is 0 Å². The van der Waals surface area contributed by atoms with Crippen LogP contribution in [-0.2, 0) is 6.18 Å². The molecule has 0 bridgehead atoms. The first kappa shape index (κ1) is 22.8. The molecule has 1 amide bonds. The van der Waals surface area contributed by atoms with E-state index in [1.165, 1.54) is 0 Å². The molecule has 31 heavy (non-hydrogen) atoms.